The molecule has 1 fully saturated rings. The highest BCUT2D eigenvalue weighted by atomic mass is 32.1. The number of anilines is 1. The zero-order valence-electron chi connectivity index (χ0n) is 13.7. The number of alkyl halides is 1. The van der Waals surface area contributed by atoms with Crippen LogP contribution in [0.5, 0.6) is 0 Å². The van der Waals surface area contributed by atoms with Gasteiger partial charge in [-0.1, -0.05) is 12.1 Å². The van der Waals surface area contributed by atoms with Crippen LogP contribution < -0.4 is 21.7 Å². The number of hydrogen-bond acceptors (Lipinski definition) is 4. The summed E-state index contributed by atoms with van der Waals surface area (Å²) in [6, 6.07) is 6.30. The number of benzene rings is 1. The van der Waals surface area contributed by atoms with Gasteiger partial charge in [0.25, 0.3) is 5.91 Å². The summed E-state index contributed by atoms with van der Waals surface area (Å²) < 4.78 is 26.9. The Morgan fingerprint density at radius 2 is 2.08 bits per heavy atom. The molecule has 3 amide bonds. The number of nitrogens with one attached hydrogen (secondary N) is 3. The van der Waals surface area contributed by atoms with Gasteiger partial charge in [-0.3, -0.25) is 4.79 Å². The Morgan fingerprint density at radius 3 is 2.77 bits per heavy atom. The van der Waals surface area contributed by atoms with Crippen LogP contribution in [0.4, 0.5) is 19.3 Å². The van der Waals surface area contributed by atoms with E-state index in [2.05, 4.69) is 16.0 Å². The second kappa shape index (κ2) is 7.79. The van der Waals surface area contributed by atoms with Crippen molar-refractivity contribution in [1.82, 2.24) is 10.6 Å². The second-order valence-corrected chi connectivity index (χ2v) is 7.07. The Bertz CT molecular complexity index is 827. The molecule has 6 nitrogen and oxygen atoms in total. The summed E-state index contributed by atoms with van der Waals surface area (Å²) in [4.78, 5) is 24.7. The number of urea groups is 1. The molecule has 138 valence electrons. The van der Waals surface area contributed by atoms with Gasteiger partial charge in [0.1, 0.15) is 16.9 Å². The van der Waals surface area contributed by atoms with Crippen molar-refractivity contribution in [2.45, 2.75) is 18.6 Å². The Labute approximate surface area is 152 Å². The van der Waals surface area contributed by atoms with Gasteiger partial charge in [0, 0.05) is 30.4 Å². The zero-order chi connectivity index (χ0) is 18.7. The first-order valence-electron chi connectivity index (χ1n) is 8.04. The van der Waals surface area contributed by atoms with E-state index in [9.17, 15) is 18.4 Å². The Balaban J connectivity index is 1.86. The third kappa shape index (κ3) is 4.36. The third-order valence-corrected chi connectivity index (χ3v) is 5.12. The van der Waals surface area contributed by atoms with Crippen LogP contribution in [0.3, 0.4) is 0 Å². The number of amides is 3. The molecule has 0 spiro atoms. The maximum atomic E-state index is 13.5. The minimum absolute atomic E-state index is 0.222. The average Bonchev–Trinajstić information content (AvgIpc) is 2.98. The summed E-state index contributed by atoms with van der Waals surface area (Å²) in [5.41, 5.74) is 5.98. The minimum atomic E-state index is -1.02. The number of rotatable bonds is 4. The van der Waals surface area contributed by atoms with Gasteiger partial charge in [0.15, 0.2) is 0 Å². The van der Waals surface area contributed by atoms with Gasteiger partial charge < -0.3 is 21.7 Å². The Morgan fingerprint density at radius 1 is 1.27 bits per heavy atom. The molecule has 1 aromatic heterocycles. The van der Waals surface area contributed by atoms with Crippen molar-refractivity contribution in [3.8, 4) is 10.4 Å². The first kappa shape index (κ1) is 18.3. The summed E-state index contributed by atoms with van der Waals surface area (Å²) in [5.74, 6) is -0.851. The lowest BCUT2D eigenvalue weighted by Gasteiger charge is -2.26. The third-order valence-electron chi connectivity index (χ3n) is 3.94. The summed E-state index contributed by atoms with van der Waals surface area (Å²) in [6.45, 7) is 0.733. The number of nitrogens with two attached hydrogens (primary N) is 1. The van der Waals surface area contributed by atoms with Crippen LogP contribution in [0.25, 0.3) is 10.4 Å². The van der Waals surface area contributed by atoms with E-state index in [0.29, 0.717) is 17.0 Å². The van der Waals surface area contributed by atoms with Crippen molar-refractivity contribution in [2.24, 2.45) is 5.73 Å². The van der Waals surface area contributed by atoms with Crippen molar-refractivity contribution >= 4 is 29.0 Å². The molecule has 0 radical (unpaired) electrons. The topological polar surface area (TPSA) is 96.2 Å². The first-order chi connectivity index (χ1) is 12.4. The normalized spacial score (nSPS) is 19.8. The molecule has 0 aliphatic carbocycles. The molecule has 0 unspecified atom stereocenters. The van der Waals surface area contributed by atoms with Crippen molar-refractivity contribution in [2.75, 3.05) is 18.4 Å². The highest BCUT2D eigenvalue weighted by molar-refractivity contribution is 7.18. The Hall–Kier alpha value is -2.52. The summed E-state index contributed by atoms with van der Waals surface area (Å²) in [6.07, 6.45) is -0.803. The van der Waals surface area contributed by atoms with Crippen LogP contribution in [-0.4, -0.2) is 37.2 Å². The van der Waals surface area contributed by atoms with Crippen LogP contribution in [0.2, 0.25) is 0 Å². The standard InChI is InChI=1S/C17H18F2N4O2S/c18-10-3-1-2-9(4-10)14-6-13(23-17(20)25)15(26-14)16(24)22-12-5-11(19)7-21-8-12/h1-4,6,11-12,21H,5,7-8H2,(H,22,24)(H3,20,23,25)/t11-,12+/m1/s1. The lowest BCUT2D eigenvalue weighted by atomic mass is 10.1. The molecule has 5 N–H and O–H groups in total. The fourth-order valence-corrected chi connectivity index (χ4v) is 3.83. The molecule has 1 saturated heterocycles. The number of hydrogen-bond donors (Lipinski definition) is 4. The van der Waals surface area contributed by atoms with Gasteiger partial charge >= 0.3 is 6.03 Å². The summed E-state index contributed by atoms with van der Waals surface area (Å²) in [5, 5.41) is 8.08. The number of primary amides is 1. The van der Waals surface area contributed by atoms with E-state index in [4.69, 9.17) is 5.73 Å². The van der Waals surface area contributed by atoms with E-state index in [1.54, 1.807) is 18.2 Å². The Kier molecular flexibility index (Phi) is 5.48. The summed E-state index contributed by atoms with van der Waals surface area (Å²) >= 11 is 1.10. The maximum Gasteiger partial charge on any atom is 0.316 e. The van der Waals surface area contributed by atoms with Gasteiger partial charge in [0.05, 0.1) is 5.69 Å². The quantitative estimate of drug-likeness (QED) is 0.656. The lowest BCUT2D eigenvalue weighted by molar-refractivity contribution is 0.0923. The average molecular weight is 380 g/mol. The van der Waals surface area contributed by atoms with Gasteiger partial charge in [-0.05, 0) is 23.8 Å². The molecule has 0 bridgehead atoms. The minimum Gasteiger partial charge on any atom is -0.351 e. The predicted molar refractivity (Wildman–Crippen MR) is 96.6 cm³/mol. The van der Waals surface area contributed by atoms with E-state index < -0.39 is 23.9 Å². The van der Waals surface area contributed by atoms with Crippen LogP contribution >= 0.6 is 11.3 Å². The van der Waals surface area contributed by atoms with Crippen molar-refractivity contribution in [1.29, 1.82) is 0 Å². The summed E-state index contributed by atoms with van der Waals surface area (Å²) in [7, 11) is 0. The maximum absolute atomic E-state index is 13.5. The molecule has 1 aliphatic heterocycles. The van der Waals surface area contributed by atoms with E-state index >= 15 is 0 Å². The van der Waals surface area contributed by atoms with Crippen molar-refractivity contribution in [3.05, 3.63) is 41.0 Å². The van der Waals surface area contributed by atoms with E-state index in [1.807, 2.05) is 0 Å². The fourth-order valence-electron chi connectivity index (χ4n) is 2.82. The van der Waals surface area contributed by atoms with Gasteiger partial charge in [-0.25, -0.2) is 13.6 Å². The molecular formula is C17H18F2N4O2S. The van der Waals surface area contributed by atoms with Crippen LogP contribution in [0.1, 0.15) is 16.1 Å². The lowest BCUT2D eigenvalue weighted by Crippen LogP contribution is -2.49. The van der Waals surface area contributed by atoms with Crippen LogP contribution in [0, 0.1) is 5.82 Å². The van der Waals surface area contributed by atoms with E-state index in [1.165, 1.54) is 12.1 Å². The highest BCUT2D eigenvalue weighted by Crippen LogP contribution is 2.35. The van der Waals surface area contributed by atoms with Crippen LogP contribution in [-0.2, 0) is 0 Å². The number of halogens is 2. The number of carbonyl (C=O) groups is 2. The molecule has 3 rings (SSSR count). The molecule has 1 aliphatic rings. The zero-order valence-corrected chi connectivity index (χ0v) is 14.5. The second-order valence-electron chi connectivity index (χ2n) is 6.01. The molecule has 1 aromatic carbocycles. The fraction of sp³-hybridized carbons (Fsp3) is 0.294. The monoisotopic (exact) mass is 380 g/mol. The SMILES string of the molecule is NC(=O)Nc1cc(-c2cccc(F)c2)sc1C(=O)N[C@@H]1CNC[C@H](F)C1. The van der Waals surface area contributed by atoms with Gasteiger partial charge in [-0.15, -0.1) is 11.3 Å². The molecule has 0 saturated carbocycles. The molecule has 2 aromatic rings. The largest absolute Gasteiger partial charge is 0.351 e. The number of piperidine rings is 1. The molecule has 2 heterocycles. The highest BCUT2D eigenvalue weighted by Gasteiger charge is 2.25. The van der Waals surface area contributed by atoms with E-state index in [0.717, 1.165) is 11.3 Å². The smallest absolute Gasteiger partial charge is 0.316 e. The first-order valence-corrected chi connectivity index (χ1v) is 8.86. The van der Waals surface area contributed by atoms with Crippen molar-refractivity contribution < 1.29 is 18.4 Å². The van der Waals surface area contributed by atoms with Gasteiger partial charge in [-0.2, -0.15) is 0 Å². The predicted octanol–water partition coefficient (Wildman–Crippen LogP) is 2.47. The number of thiophene rings is 1. The number of carbonyl (C=O) groups excluding carboxylic acids is 2. The van der Waals surface area contributed by atoms with E-state index in [-0.39, 0.29) is 29.6 Å². The van der Waals surface area contributed by atoms with Crippen molar-refractivity contribution in [3.63, 3.8) is 0 Å². The van der Waals surface area contributed by atoms with Gasteiger partial charge in [0.2, 0.25) is 0 Å². The van der Waals surface area contributed by atoms with Crippen LogP contribution in [0.15, 0.2) is 30.3 Å². The molecule has 26 heavy (non-hydrogen) atoms. The molecule has 9 heteroatoms. The molecular weight excluding hydrogens is 362 g/mol. The molecule has 2 atom stereocenters.